The van der Waals surface area contributed by atoms with Gasteiger partial charge in [-0.05, 0) is 28.4 Å². The van der Waals surface area contributed by atoms with E-state index in [0.29, 0.717) is 6.07 Å². The Morgan fingerprint density at radius 1 is 1.39 bits per heavy atom. The minimum Gasteiger partial charge on any atom is -0.243 e. The van der Waals surface area contributed by atoms with E-state index in [-0.39, 0.29) is 16.8 Å². The van der Waals surface area contributed by atoms with Crippen molar-refractivity contribution in [2.24, 2.45) is 0 Å². The summed E-state index contributed by atoms with van der Waals surface area (Å²) in [5.74, 6) is -0.411. The molecule has 0 unspecified atom stereocenters. The van der Waals surface area contributed by atoms with E-state index in [0.717, 1.165) is 6.20 Å². The third kappa shape index (κ3) is 3.83. The average molecular weight is 367 g/mol. The van der Waals surface area contributed by atoms with Gasteiger partial charge in [-0.3, -0.25) is 0 Å². The Kier molecular flexibility index (Phi) is 5.02. The summed E-state index contributed by atoms with van der Waals surface area (Å²) in [4.78, 5) is 3.37. The molecular weight excluding hydrogens is 359 g/mol. The number of nitrogens with zero attached hydrogens (tertiary/aromatic N) is 1. The van der Waals surface area contributed by atoms with Crippen molar-refractivity contribution in [2.75, 3.05) is 11.6 Å². The normalized spacial score (nSPS) is 12.7. The molecule has 1 aromatic heterocycles. The fourth-order valence-electron chi connectivity index (χ4n) is 1.22. The third-order valence-corrected chi connectivity index (χ3v) is 4.41. The maximum atomic E-state index is 12.7. The topological polar surface area (TPSA) is 47.0 Å². The van der Waals surface area contributed by atoms with Gasteiger partial charge in [0.15, 0.2) is 14.9 Å². The first-order valence-electron chi connectivity index (χ1n) is 4.70. The van der Waals surface area contributed by atoms with Gasteiger partial charge in [0.25, 0.3) is 0 Å². The highest BCUT2D eigenvalue weighted by molar-refractivity contribution is 9.10. The van der Waals surface area contributed by atoms with Crippen LogP contribution in [0, 0.1) is 0 Å². The van der Waals surface area contributed by atoms with Gasteiger partial charge in [-0.2, -0.15) is 13.2 Å². The molecule has 0 amide bonds. The summed E-state index contributed by atoms with van der Waals surface area (Å²) in [5.41, 5.74) is -1.27. The molecule has 1 heterocycles. The van der Waals surface area contributed by atoms with Gasteiger partial charge in [-0.25, -0.2) is 13.4 Å². The SMILES string of the molecule is O=S(=O)(CCCCl)c1ncc(Br)cc1C(F)(F)F. The maximum Gasteiger partial charge on any atom is 0.419 e. The molecule has 0 aromatic carbocycles. The first-order valence-corrected chi connectivity index (χ1v) is 7.68. The number of halogens is 5. The van der Waals surface area contributed by atoms with E-state index in [1.807, 2.05) is 0 Å². The van der Waals surface area contributed by atoms with E-state index in [4.69, 9.17) is 11.6 Å². The van der Waals surface area contributed by atoms with Crippen molar-refractivity contribution in [2.45, 2.75) is 17.6 Å². The summed E-state index contributed by atoms with van der Waals surface area (Å²) in [5, 5.41) is -0.955. The van der Waals surface area contributed by atoms with Crippen molar-refractivity contribution < 1.29 is 21.6 Å². The predicted octanol–water partition coefficient (Wildman–Crippen LogP) is 3.27. The number of aromatic nitrogens is 1. The molecule has 0 aliphatic carbocycles. The molecule has 0 N–H and O–H groups in total. The largest absolute Gasteiger partial charge is 0.419 e. The Hall–Kier alpha value is -0.340. The van der Waals surface area contributed by atoms with E-state index >= 15 is 0 Å². The van der Waals surface area contributed by atoms with Crippen molar-refractivity contribution in [3.63, 3.8) is 0 Å². The molecule has 0 fully saturated rings. The van der Waals surface area contributed by atoms with Crippen LogP contribution in [0.5, 0.6) is 0 Å². The van der Waals surface area contributed by atoms with E-state index in [1.165, 1.54) is 0 Å². The van der Waals surface area contributed by atoms with Crippen molar-refractivity contribution in [1.82, 2.24) is 4.98 Å². The second-order valence-electron chi connectivity index (χ2n) is 3.37. The van der Waals surface area contributed by atoms with Gasteiger partial charge in [0.1, 0.15) is 0 Å². The van der Waals surface area contributed by atoms with Gasteiger partial charge in [0.05, 0.1) is 11.3 Å². The van der Waals surface area contributed by atoms with Crippen molar-refractivity contribution >= 4 is 37.4 Å². The van der Waals surface area contributed by atoms with Crippen LogP contribution in [-0.2, 0) is 16.0 Å². The fourth-order valence-corrected chi connectivity index (χ4v) is 3.28. The first kappa shape index (κ1) is 15.7. The first-order chi connectivity index (χ1) is 8.18. The molecule has 1 rings (SSSR count). The second-order valence-corrected chi connectivity index (χ2v) is 6.68. The van der Waals surface area contributed by atoms with Crippen LogP contribution in [0.4, 0.5) is 13.2 Å². The van der Waals surface area contributed by atoms with Gasteiger partial charge >= 0.3 is 6.18 Å². The molecule has 0 radical (unpaired) electrons. The molecule has 0 atom stereocenters. The lowest BCUT2D eigenvalue weighted by atomic mass is 10.3. The summed E-state index contributed by atoms with van der Waals surface area (Å²) in [6, 6.07) is 0.695. The standard InChI is InChI=1S/C9H8BrClF3NO2S/c10-6-4-7(9(12,13)14)8(15-5-6)18(16,17)3-1-2-11/h4-5H,1-3H2. The monoisotopic (exact) mass is 365 g/mol. The van der Waals surface area contributed by atoms with Crippen LogP contribution in [0.1, 0.15) is 12.0 Å². The van der Waals surface area contributed by atoms with E-state index < -0.39 is 32.4 Å². The molecule has 0 saturated carbocycles. The zero-order chi connectivity index (χ0) is 14.0. The zero-order valence-electron chi connectivity index (χ0n) is 8.84. The van der Waals surface area contributed by atoms with Gasteiger partial charge in [0.2, 0.25) is 0 Å². The Labute approximate surface area is 115 Å². The van der Waals surface area contributed by atoms with E-state index in [9.17, 15) is 21.6 Å². The van der Waals surface area contributed by atoms with Crippen LogP contribution < -0.4 is 0 Å². The highest BCUT2D eigenvalue weighted by Gasteiger charge is 2.38. The minimum atomic E-state index is -4.78. The summed E-state index contributed by atoms with van der Waals surface area (Å²) < 4.78 is 61.7. The molecule has 9 heteroatoms. The smallest absolute Gasteiger partial charge is 0.243 e. The number of pyridine rings is 1. The fraction of sp³-hybridized carbons (Fsp3) is 0.444. The molecule has 102 valence electrons. The predicted molar refractivity (Wildman–Crippen MR) is 64.3 cm³/mol. The lowest BCUT2D eigenvalue weighted by molar-refractivity contribution is -0.140. The van der Waals surface area contributed by atoms with Crippen molar-refractivity contribution in [3.8, 4) is 0 Å². The quantitative estimate of drug-likeness (QED) is 0.769. The van der Waals surface area contributed by atoms with Gasteiger partial charge in [-0.15, -0.1) is 11.6 Å². The molecule has 0 bridgehead atoms. The molecule has 0 aliphatic heterocycles. The number of rotatable bonds is 4. The van der Waals surface area contributed by atoms with Crippen LogP contribution in [0.25, 0.3) is 0 Å². The average Bonchev–Trinajstić information content (AvgIpc) is 2.25. The number of alkyl halides is 4. The zero-order valence-corrected chi connectivity index (χ0v) is 12.0. The molecular formula is C9H8BrClF3NO2S. The molecule has 3 nitrogen and oxygen atoms in total. The summed E-state index contributed by atoms with van der Waals surface area (Å²) >= 11 is 8.17. The highest BCUT2D eigenvalue weighted by Crippen LogP contribution is 2.35. The molecule has 0 saturated heterocycles. The van der Waals surface area contributed by atoms with Gasteiger partial charge in [0, 0.05) is 16.5 Å². The molecule has 1 aromatic rings. The van der Waals surface area contributed by atoms with Crippen molar-refractivity contribution in [3.05, 3.63) is 22.3 Å². The van der Waals surface area contributed by atoms with Gasteiger partial charge < -0.3 is 0 Å². The van der Waals surface area contributed by atoms with E-state index in [1.54, 1.807) is 0 Å². The number of hydrogen-bond acceptors (Lipinski definition) is 3. The molecule has 0 spiro atoms. The van der Waals surface area contributed by atoms with Crippen LogP contribution in [-0.4, -0.2) is 25.0 Å². The summed E-state index contributed by atoms with van der Waals surface area (Å²) in [6.07, 6.45) is -3.69. The lowest BCUT2D eigenvalue weighted by Gasteiger charge is -2.12. The minimum absolute atomic E-state index is 0.0527. The molecule has 18 heavy (non-hydrogen) atoms. The van der Waals surface area contributed by atoms with Crippen LogP contribution in [0.15, 0.2) is 21.8 Å². The lowest BCUT2D eigenvalue weighted by Crippen LogP contribution is -2.17. The Morgan fingerprint density at radius 2 is 2.00 bits per heavy atom. The number of sulfone groups is 1. The molecule has 0 aliphatic rings. The Bertz CT molecular complexity index is 533. The van der Waals surface area contributed by atoms with Crippen LogP contribution in [0.2, 0.25) is 0 Å². The van der Waals surface area contributed by atoms with E-state index in [2.05, 4.69) is 20.9 Å². The van der Waals surface area contributed by atoms with Gasteiger partial charge in [-0.1, -0.05) is 0 Å². The highest BCUT2D eigenvalue weighted by atomic mass is 79.9. The Balaban J connectivity index is 3.33. The number of hydrogen-bond donors (Lipinski definition) is 0. The third-order valence-electron chi connectivity index (χ3n) is 1.96. The Morgan fingerprint density at radius 3 is 2.50 bits per heavy atom. The van der Waals surface area contributed by atoms with Crippen LogP contribution >= 0.6 is 27.5 Å². The summed E-state index contributed by atoms with van der Waals surface area (Å²) in [6.45, 7) is 0. The summed E-state index contributed by atoms with van der Waals surface area (Å²) in [7, 11) is -4.09. The van der Waals surface area contributed by atoms with Crippen LogP contribution in [0.3, 0.4) is 0 Å². The van der Waals surface area contributed by atoms with Crippen molar-refractivity contribution in [1.29, 1.82) is 0 Å². The second kappa shape index (κ2) is 5.75. The maximum absolute atomic E-state index is 12.7.